The Balaban J connectivity index is 1.46. The summed E-state index contributed by atoms with van der Waals surface area (Å²) in [5.74, 6) is 1.42. The molecule has 0 unspecified atom stereocenters. The number of methoxy groups -OCH3 is 1. The molecule has 0 bridgehead atoms. The molecular formula is C20H30O6. The van der Waals surface area contributed by atoms with Gasteiger partial charge < -0.3 is 28.1 Å². The maximum Gasteiger partial charge on any atom is 0.190 e. The molecule has 0 amide bonds. The van der Waals surface area contributed by atoms with Crippen molar-refractivity contribution in [2.75, 3.05) is 7.11 Å². The highest BCUT2D eigenvalue weighted by atomic mass is 16.8. The Bertz CT molecular complexity index is 591. The Kier molecular flexibility index (Phi) is 5.28. The average molecular weight is 366 g/mol. The lowest BCUT2D eigenvalue weighted by molar-refractivity contribution is -0.250. The highest BCUT2D eigenvalue weighted by Gasteiger charge is 2.58. The number of rotatable bonds is 6. The van der Waals surface area contributed by atoms with Gasteiger partial charge in [-0.15, -0.1) is 0 Å². The van der Waals surface area contributed by atoms with Gasteiger partial charge in [-0.2, -0.15) is 0 Å². The third kappa shape index (κ3) is 3.52. The van der Waals surface area contributed by atoms with Gasteiger partial charge >= 0.3 is 0 Å². The third-order valence-electron chi connectivity index (χ3n) is 5.60. The minimum Gasteiger partial charge on any atom is -0.493 e. The summed E-state index contributed by atoms with van der Waals surface area (Å²) >= 11 is 0. The lowest BCUT2D eigenvalue weighted by Gasteiger charge is -2.34. The van der Waals surface area contributed by atoms with Crippen molar-refractivity contribution >= 4 is 0 Å². The summed E-state index contributed by atoms with van der Waals surface area (Å²) in [6, 6.07) is 1.80. The zero-order valence-corrected chi connectivity index (χ0v) is 15.9. The molecular weight excluding hydrogens is 336 g/mol. The van der Waals surface area contributed by atoms with Gasteiger partial charge in [0.1, 0.15) is 18.8 Å². The molecule has 3 fully saturated rings. The quantitative estimate of drug-likeness (QED) is 0.758. The first-order chi connectivity index (χ1) is 12.6. The standard InChI is InChI=1S/C20H30O6/c1-13(2)11-15-17(23-12-16-14(21-3)7-10-22-16)18-19(24-15)26-20(25-18)8-5-4-6-9-20/h7,10,13,15,17-19H,4-6,8-9,11-12H2,1-3H3/t15-,17+,18-,19-/m1/s1. The molecule has 0 N–H and O–H groups in total. The van der Waals surface area contributed by atoms with Gasteiger partial charge in [0.05, 0.1) is 19.5 Å². The fourth-order valence-electron chi connectivity index (χ4n) is 4.37. The van der Waals surface area contributed by atoms with Crippen LogP contribution in [0.4, 0.5) is 0 Å². The van der Waals surface area contributed by atoms with Crippen LogP contribution >= 0.6 is 0 Å². The molecule has 6 nitrogen and oxygen atoms in total. The summed E-state index contributed by atoms with van der Waals surface area (Å²) in [5, 5.41) is 0. The normalized spacial score (nSPS) is 33.1. The molecule has 1 aromatic heterocycles. The van der Waals surface area contributed by atoms with E-state index in [0.29, 0.717) is 24.0 Å². The van der Waals surface area contributed by atoms with Crippen molar-refractivity contribution in [3.8, 4) is 5.75 Å². The first-order valence-electron chi connectivity index (χ1n) is 9.83. The molecule has 3 aliphatic rings. The third-order valence-corrected chi connectivity index (χ3v) is 5.60. The maximum atomic E-state index is 6.43. The number of fused-ring (bicyclic) bond motifs is 1. The Labute approximate surface area is 155 Å². The van der Waals surface area contributed by atoms with E-state index in [9.17, 15) is 0 Å². The molecule has 2 aliphatic heterocycles. The van der Waals surface area contributed by atoms with Gasteiger partial charge in [0.2, 0.25) is 0 Å². The molecule has 1 aromatic rings. The number of hydrogen-bond acceptors (Lipinski definition) is 6. The zero-order valence-electron chi connectivity index (χ0n) is 15.9. The lowest BCUT2D eigenvalue weighted by atomic mass is 9.94. The van der Waals surface area contributed by atoms with E-state index >= 15 is 0 Å². The fourth-order valence-corrected chi connectivity index (χ4v) is 4.37. The minimum absolute atomic E-state index is 0.0353. The zero-order chi connectivity index (χ0) is 18.1. The van der Waals surface area contributed by atoms with Gasteiger partial charge in [-0.25, -0.2) is 0 Å². The van der Waals surface area contributed by atoms with Gasteiger partial charge in [-0.3, -0.25) is 0 Å². The number of ether oxygens (including phenoxy) is 5. The molecule has 2 saturated heterocycles. The Morgan fingerprint density at radius 3 is 2.73 bits per heavy atom. The van der Waals surface area contributed by atoms with Gasteiger partial charge in [0.25, 0.3) is 0 Å². The van der Waals surface area contributed by atoms with E-state index in [0.717, 1.165) is 32.1 Å². The minimum atomic E-state index is -0.472. The Morgan fingerprint density at radius 1 is 1.19 bits per heavy atom. The van der Waals surface area contributed by atoms with Gasteiger partial charge in [-0.05, 0) is 25.2 Å². The second kappa shape index (κ2) is 7.50. The van der Waals surface area contributed by atoms with E-state index in [1.165, 1.54) is 6.42 Å². The van der Waals surface area contributed by atoms with Crippen molar-refractivity contribution in [2.45, 2.75) is 89.4 Å². The van der Waals surface area contributed by atoms with Crippen LogP contribution in [0.15, 0.2) is 16.7 Å². The highest BCUT2D eigenvalue weighted by molar-refractivity contribution is 5.23. The Morgan fingerprint density at radius 2 is 2.00 bits per heavy atom. The van der Waals surface area contributed by atoms with Crippen LogP contribution in [0.5, 0.6) is 5.75 Å². The number of furan rings is 1. The summed E-state index contributed by atoms with van der Waals surface area (Å²) in [4.78, 5) is 0. The second-order valence-electron chi connectivity index (χ2n) is 8.03. The summed E-state index contributed by atoms with van der Waals surface area (Å²) in [6.07, 6.45) is 7.22. The van der Waals surface area contributed by atoms with Crippen LogP contribution in [0.3, 0.4) is 0 Å². The van der Waals surface area contributed by atoms with E-state index in [1.54, 1.807) is 19.4 Å². The fraction of sp³-hybridized carbons (Fsp3) is 0.800. The van der Waals surface area contributed by atoms with Crippen molar-refractivity contribution in [3.05, 3.63) is 18.1 Å². The van der Waals surface area contributed by atoms with E-state index < -0.39 is 5.79 Å². The van der Waals surface area contributed by atoms with Crippen LogP contribution in [-0.2, 0) is 25.6 Å². The van der Waals surface area contributed by atoms with E-state index in [2.05, 4.69) is 13.8 Å². The van der Waals surface area contributed by atoms with Gasteiger partial charge in [-0.1, -0.05) is 20.3 Å². The topological polar surface area (TPSA) is 59.3 Å². The van der Waals surface area contributed by atoms with Crippen molar-refractivity contribution in [1.29, 1.82) is 0 Å². The first-order valence-corrected chi connectivity index (χ1v) is 9.83. The van der Waals surface area contributed by atoms with Crippen LogP contribution < -0.4 is 4.74 Å². The first kappa shape index (κ1) is 18.3. The molecule has 146 valence electrons. The molecule has 4 rings (SSSR count). The van der Waals surface area contributed by atoms with Crippen LogP contribution in [0, 0.1) is 5.92 Å². The molecule has 0 aromatic carbocycles. The molecule has 3 heterocycles. The maximum absolute atomic E-state index is 6.43. The molecule has 1 spiro atoms. The molecule has 4 atom stereocenters. The van der Waals surface area contributed by atoms with Crippen LogP contribution in [0.1, 0.15) is 58.1 Å². The number of hydrogen-bond donors (Lipinski definition) is 0. The summed E-state index contributed by atoms with van der Waals surface area (Å²) in [5.41, 5.74) is 0. The predicted molar refractivity (Wildman–Crippen MR) is 93.7 cm³/mol. The summed E-state index contributed by atoms with van der Waals surface area (Å²) in [7, 11) is 1.63. The SMILES string of the molecule is COc1ccoc1CO[C@@H]1[C@H]2OC3(CCCCC3)O[C@H]2O[C@@H]1CC(C)C. The van der Waals surface area contributed by atoms with Crippen LogP contribution in [0.25, 0.3) is 0 Å². The van der Waals surface area contributed by atoms with E-state index in [1.807, 2.05) is 0 Å². The smallest absolute Gasteiger partial charge is 0.190 e. The lowest BCUT2D eigenvalue weighted by Crippen LogP contribution is -2.40. The molecule has 1 aliphatic carbocycles. The van der Waals surface area contributed by atoms with Gasteiger partial charge in [0.15, 0.2) is 23.6 Å². The molecule has 26 heavy (non-hydrogen) atoms. The molecule has 0 radical (unpaired) electrons. The molecule has 1 saturated carbocycles. The van der Waals surface area contributed by atoms with E-state index in [4.69, 9.17) is 28.1 Å². The average Bonchev–Trinajstić information content (AvgIpc) is 3.27. The van der Waals surface area contributed by atoms with Crippen molar-refractivity contribution < 1.29 is 28.1 Å². The largest absolute Gasteiger partial charge is 0.493 e. The van der Waals surface area contributed by atoms with Crippen LogP contribution in [0.2, 0.25) is 0 Å². The van der Waals surface area contributed by atoms with Crippen LogP contribution in [-0.4, -0.2) is 37.5 Å². The Hall–Kier alpha value is -1.08. The predicted octanol–water partition coefficient (Wildman–Crippen LogP) is 4.02. The monoisotopic (exact) mass is 366 g/mol. The molecule has 6 heteroatoms. The highest BCUT2D eigenvalue weighted by Crippen LogP contribution is 2.46. The van der Waals surface area contributed by atoms with Crippen molar-refractivity contribution in [3.63, 3.8) is 0 Å². The van der Waals surface area contributed by atoms with Crippen molar-refractivity contribution in [2.24, 2.45) is 5.92 Å². The second-order valence-corrected chi connectivity index (χ2v) is 8.03. The summed E-state index contributed by atoms with van der Waals surface area (Å²) in [6.45, 7) is 4.71. The van der Waals surface area contributed by atoms with E-state index in [-0.39, 0.29) is 24.6 Å². The summed E-state index contributed by atoms with van der Waals surface area (Å²) < 4.78 is 36.0. The van der Waals surface area contributed by atoms with Gasteiger partial charge in [0, 0.05) is 18.9 Å². The van der Waals surface area contributed by atoms with Crippen molar-refractivity contribution in [1.82, 2.24) is 0 Å².